The molecule has 154 valence electrons. The fraction of sp³-hybridized carbons (Fsp3) is 0.381. The van der Waals surface area contributed by atoms with Crippen LogP contribution in [-0.4, -0.2) is 24.6 Å². The Hall–Kier alpha value is -1.63. The first-order valence-corrected chi connectivity index (χ1v) is 9.70. The van der Waals surface area contributed by atoms with Crippen LogP contribution >= 0.6 is 28.3 Å². The molecule has 2 aromatic carbocycles. The van der Waals surface area contributed by atoms with E-state index in [9.17, 15) is 9.18 Å². The Labute approximate surface area is 180 Å². The van der Waals surface area contributed by atoms with E-state index in [4.69, 9.17) is 4.74 Å². The summed E-state index contributed by atoms with van der Waals surface area (Å²) in [6.45, 7) is 6.93. The topological polar surface area (TPSA) is 50.4 Å². The zero-order valence-corrected chi connectivity index (χ0v) is 18.8. The first-order valence-electron chi connectivity index (χ1n) is 8.91. The molecule has 0 saturated carbocycles. The highest BCUT2D eigenvalue weighted by Crippen LogP contribution is 2.23. The number of amides is 1. The van der Waals surface area contributed by atoms with Crippen molar-refractivity contribution in [3.63, 3.8) is 0 Å². The van der Waals surface area contributed by atoms with E-state index in [0.29, 0.717) is 30.8 Å². The smallest absolute Gasteiger partial charge is 0.258 e. The van der Waals surface area contributed by atoms with Gasteiger partial charge in [0.25, 0.3) is 5.91 Å². The molecule has 0 aromatic heterocycles. The van der Waals surface area contributed by atoms with Crippen molar-refractivity contribution in [2.24, 2.45) is 0 Å². The highest BCUT2D eigenvalue weighted by molar-refractivity contribution is 9.10. The van der Waals surface area contributed by atoms with Crippen LogP contribution < -0.4 is 15.4 Å². The van der Waals surface area contributed by atoms with Gasteiger partial charge < -0.3 is 15.4 Å². The van der Waals surface area contributed by atoms with E-state index in [1.54, 1.807) is 12.1 Å². The molecule has 0 fully saturated rings. The lowest BCUT2D eigenvalue weighted by Crippen LogP contribution is -2.43. The monoisotopic (exact) mass is 472 g/mol. The second kappa shape index (κ2) is 11.4. The lowest BCUT2D eigenvalue weighted by atomic mass is 10.1. The summed E-state index contributed by atoms with van der Waals surface area (Å²) in [5.41, 5.74) is 1.33. The molecule has 0 saturated heterocycles. The van der Waals surface area contributed by atoms with Gasteiger partial charge in [0.2, 0.25) is 0 Å². The molecule has 28 heavy (non-hydrogen) atoms. The lowest BCUT2D eigenvalue weighted by Gasteiger charge is -2.21. The summed E-state index contributed by atoms with van der Waals surface area (Å²) >= 11 is 3.46. The Morgan fingerprint density at radius 3 is 2.54 bits per heavy atom. The predicted molar refractivity (Wildman–Crippen MR) is 117 cm³/mol. The average Bonchev–Trinajstić information content (AvgIpc) is 2.58. The molecule has 1 amide bonds. The maximum absolute atomic E-state index is 13.7. The number of nitrogens with one attached hydrogen (secondary N) is 2. The zero-order chi connectivity index (χ0) is 19.9. The van der Waals surface area contributed by atoms with Gasteiger partial charge in [-0.3, -0.25) is 4.79 Å². The van der Waals surface area contributed by atoms with Crippen molar-refractivity contribution in [2.45, 2.75) is 39.3 Å². The summed E-state index contributed by atoms with van der Waals surface area (Å²) in [7, 11) is 0. The molecule has 0 bridgehead atoms. The Morgan fingerprint density at radius 1 is 1.14 bits per heavy atom. The van der Waals surface area contributed by atoms with Crippen molar-refractivity contribution < 1.29 is 13.9 Å². The van der Waals surface area contributed by atoms with Crippen molar-refractivity contribution in [3.8, 4) is 5.75 Å². The normalized spacial score (nSPS) is 10.9. The second-order valence-corrected chi connectivity index (χ2v) is 8.27. The van der Waals surface area contributed by atoms with Crippen LogP contribution in [-0.2, 0) is 17.8 Å². The van der Waals surface area contributed by atoms with Crippen molar-refractivity contribution in [2.75, 3.05) is 13.2 Å². The molecule has 0 aliphatic rings. The minimum absolute atomic E-state index is 0. The predicted octanol–water partition coefficient (Wildman–Crippen LogP) is 4.64. The van der Waals surface area contributed by atoms with Crippen molar-refractivity contribution in [3.05, 3.63) is 63.9 Å². The molecule has 2 N–H and O–H groups in total. The Morgan fingerprint density at radius 2 is 1.86 bits per heavy atom. The van der Waals surface area contributed by atoms with Gasteiger partial charge in [-0.05, 0) is 63.6 Å². The molecular weight excluding hydrogens is 447 g/mol. The number of carbonyl (C=O) groups is 1. The molecule has 0 aliphatic carbocycles. The maximum atomic E-state index is 13.7. The van der Waals surface area contributed by atoms with Crippen molar-refractivity contribution in [1.82, 2.24) is 10.6 Å². The molecule has 0 aliphatic heterocycles. The standard InChI is InChI=1S/C21H26BrFN2O2.ClH/c1-21(2,3)25-20(26)14-27-19-9-8-17(22)12-16(19)13-24-11-10-15-6-4-5-7-18(15)23;/h4-9,12,24H,10-11,13-14H2,1-3H3,(H,25,26);1H. The number of hydrogen-bond donors (Lipinski definition) is 2. The average molecular weight is 474 g/mol. The maximum Gasteiger partial charge on any atom is 0.258 e. The van der Waals surface area contributed by atoms with Crippen LogP contribution in [0.3, 0.4) is 0 Å². The van der Waals surface area contributed by atoms with E-state index in [2.05, 4.69) is 26.6 Å². The SMILES string of the molecule is CC(C)(C)NC(=O)COc1ccc(Br)cc1CNCCc1ccccc1F.Cl. The highest BCUT2D eigenvalue weighted by Gasteiger charge is 2.15. The van der Waals surface area contributed by atoms with Crippen LogP contribution in [0.2, 0.25) is 0 Å². The molecule has 0 heterocycles. The molecule has 0 radical (unpaired) electrons. The van der Waals surface area contributed by atoms with E-state index < -0.39 is 0 Å². The van der Waals surface area contributed by atoms with Crippen LogP contribution in [0, 0.1) is 5.82 Å². The van der Waals surface area contributed by atoms with Gasteiger partial charge in [-0.25, -0.2) is 4.39 Å². The summed E-state index contributed by atoms with van der Waals surface area (Å²) in [6, 6.07) is 12.4. The number of rotatable bonds is 8. The molecule has 0 atom stereocenters. The van der Waals surface area contributed by atoms with Gasteiger partial charge in [0.15, 0.2) is 6.61 Å². The van der Waals surface area contributed by atoms with Crippen LogP contribution in [0.25, 0.3) is 0 Å². The Kier molecular flexibility index (Phi) is 9.93. The number of halogens is 3. The van der Waals surface area contributed by atoms with Gasteiger partial charge in [-0.1, -0.05) is 34.1 Å². The highest BCUT2D eigenvalue weighted by atomic mass is 79.9. The molecule has 0 unspecified atom stereocenters. The largest absolute Gasteiger partial charge is 0.483 e. The molecule has 2 rings (SSSR count). The van der Waals surface area contributed by atoms with Crippen LogP contribution in [0.1, 0.15) is 31.9 Å². The fourth-order valence-corrected chi connectivity index (χ4v) is 2.98. The van der Waals surface area contributed by atoms with Crippen molar-refractivity contribution in [1.29, 1.82) is 0 Å². The van der Waals surface area contributed by atoms with Gasteiger partial charge >= 0.3 is 0 Å². The van der Waals surface area contributed by atoms with E-state index in [0.717, 1.165) is 10.0 Å². The first-order chi connectivity index (χ1) is 12.7. The van der Waals surface area contributed by atoms with Crippen LogP contribution in [0.5, 0.6) is 5.75 Å². The number of hydrogen-bond acceptors (Lipinski definition) is 3. The van der Waals surface area contributed by atoms with Gasteiger partial charge in [-0.15, -0.1) is 12.4 Å². The summed E-state index contributed by atoms with van der Waals surface area (Å²) in [5.74, 6) is 0.306. The third kappa shape index (κ3) is 8.59. The summed E-state index contributed by atoms with van der Waals surface area (Å²) in [5, 5.41) is 6.17. The molecular formula is C21H27BrClFN2O2. The summed E-state index contributed by atoms with van der Waals surface area (Å²) in [4.78, 5) is 12.0. The van der Waals surface area contributed by atoms with Crippen molar-refractivity contribution >= 4 is 34.2 Å². The van der Waals surface area contributed by atoms with Crippen LogP contribution in [0.15, 0.2) is 46.9 Å². The number of ether oxygens (including phenoxy) is 1. The van der Waals surface area contributed by atoms with E-state index in [1.807, 2.05) is 45.0 Å². The minimum atomic E-state index is -0.294. The molecule has 7 heteroatoms. The minimum Gasteiger partial charge on any atom is -0.483 e. The third-order valence-electron chi connectivity index (χ3n) is 3.74. The first kappa shape index (κ1) is 24.4. The molecule has 0 spiro atoms. The lowest BCUT2D eigenvalue weighted by molar-refractivity contribution is -0.124. The number of benzene rings is 2. The zero-order valence-electron chi connectivity index (χ0n) is 16.4. The van der Waals surface area contributed by atoms with Gasteiger partial charge in [0.1, 0.15) is 11.6 Å². The van der Waals surface area contributed by atoms with E-state index in [-0.39, 0.29) is 36.3 Å². The van der Waals surface area contributed by atoms with Gasteiger partial charge in [0, 0.05) is 22.1 Å². The summed E-state index contributed by atoms with van der Waals surface area (Å²) in [6.07, 6.45) is 0.602. The van der Waals surface area contributed by atoms with Gasteiger partial charge in [-0.2, -0.15) is 0 Å². The van der Waals surface area contributed by atoms with Crippen LogP contribution in [0.4, 0.5) is 4.39 Å². The second-order valence-electron chi connectivity index (χ2n) is 7.36. The molecule has 4 nitrogen and oxygen atoms in total. The number of carbonyl (C=O) groups excluding carboxylic acids is 1. The Bertz CT molecular complexity index is 781. The van der Waals surface area contributed by atoms with Gasteiger partial charge in [0.05, 0.1) is 0 Å². The fourth-order valence-electron chi connectivity index (χ4n) is 2.57. The quantitative estimate of drug-likeness (QED) is 0.549. The Balaban J connectivity index is 0.00000392. The van der Waals surface area contributed by atoms with E-state index in [1.165, 1.54) is 6.07 Å². The van der Waals surface area contributed by atoms with E-state index >= 15 is 0 Å². The summed E-state index contributed by atoms with van der Waals surface area (Å²) < 4.78 is 20.3. The third-order valence-corrected chi connectivity index (χ3v) is 4.23. The molecule has 2 aromatic rings.